The molecule has 0 spiro atoms. The molecule has 1 aromatic heterocycles. The number of hydrogen-bond donors (Lipinski definition) is 1. The smallest absolute Gasteiger partial charge is 0.313 e. The van der Waals surface area contributed by atoms with Crippen LogP contribution < -0.4 is 0 Å². The molecular weight excluding hydrogens is 236 g/mol. The van der Waals surface area contributed by atoms with Crippen LogP contribution in [-0.4, -0.2) is 26.6 Å². The molecule has 0 radical (unpaired) electrons. The largest absolute Gasteiger partial charge is 0.481 e. The van der Waals surface area contributed by atoms with Crippen molar-refractivity contribution in [1.82, 2.24) is 9.78 Å². The summed E-state index contributed by atoms with van der Waals surface area (Å²) in [5.41, 5.74) is 1.01. The van der Waals surface area contributed by atoms with E-state index in [0.29, 0.717) is 0 Å². The minimum absolute atomic E-state index is 0.00246. The lowest BCUT2D eigenvalue weighted by Gasteiger charge is -2.14. The second-order valence-corrected chi connectivity index (χ2v) is 6.02. The third kappa shape index (κ3) is 4.07. The predicted octanol–water partition coefficient (Wildman–Crippen LogP) is 2.77. The van der Waals surface area contributed by atoms with Crippen LogP contribution in [0.1, 0.15) is 39.8 Å². The summed E-state index contributed by atoms with van der Waals surface area (Å²) in [7, 11) is 0. The normalized spacial score (nSPS) is 11.8. The molecule has 0 bridgehead atoms. The summed E-state index contributed by atoms with van der Waals surface area (Å²) in [6.07, 6.45) is 0.992. The number of carboxylic acid groups (broad SMARTS) is 1. The summed E-state index contributed by atoms with van der Waals surface area (Å²) in [5, 5.41) is 14.2. The van der Waals surface area contributed by atoms with E-state index < -0.39 is 5.97 Å². The maximum absolute atomic E-state index is 10.6. The number of nitrogens with zero attached hydrogens (tertiary/aromatic N) is 2. The summed E-state index contributed by atoms with van der Waals surface area (Å²) in [6.45, 7) is 9.24. The number of hydrogen-bond acceptors (Lipinski definition) is 3. The van der Waals surface area contributed by atoms with Gasteiger partial charge in [0.1, 0.15) is 0 Å². The lowest BCUT2D eigenvalue weighted by Crippen LogP contribution is -2.13. The minimum Gasteiger partial charge on any atom is -0.481 e. The second kappa shape index (κ2) is 5.58. The van der Waals surface area contributed by atoms with Crippen LogP contribution in [0.5, 0.6) is 0 Å². The Morgan fingerprint density at radius 3 is 2.65 bits per heavy atom. The molecule has 0 amide bonds. The molecule has 0 atom stereocenters. The molecule has 1 aromatic rings. The third-order valence-corrected chi connectivity index (χ3v) is 3.31. The first-order valence-corrected chi connectivity index (χ1v) is 6.76. The molecule has 0 aliphatic carbocycles. The van der Waals surface area contributed by atoms with Crippen molar-refractivity contribution in [2.24, 2.45) is 0 Å². The van der Waals surface area contributed by atoms with Gasteiger partial charge in [0.2, 0.25) is 0 Å². The van der Waals surface area contributed by atoms with E-state index in [9.17, 15) is 4.79 Å². The Balaban J connectivity index is 2.92. The molecule has 17 heavy (non-hydrogen) atoms. The first-order valence-electron chi connectivity index (χ1n) is 5.77. The average Bonchev–Trinajstić information content (AvgIpc) is 2.58. The third-order valence-electron chi connectivity index (χ3n) is 2.29. The van der Waals surface area contributed by atoms with Gasteiger partial charge in [0.25, 0.3) is 0 Å². The van der Waals surface area contributed by atoms with Crippen LogP contribution in [0.4, 0.5) is 0 Å². The Hall–Kier alpha value is -0.970. The number of carbonyl (C=O) groups is 1. The van der Waals surface area contributed by atoms with Crippen molar-refractivity contribution < 1.29 is 9.90 Å². The van der Waals surface area contributed by atoms with Gasteiger partial charge in [0.05, 0.1) is 16.5 Å². The molecule has 5 heteroatoms. The minimum atomic E-state index is -0.795. The van der Waals surface area contributed by atoms with E-state index in [-0.39, 0.29) is 11.2 Å². The van der Waals surface area contributed by atoms with Gasteiger partial charge < -0.3 is 5.11 Å². The van der Waals surface area contributed by atoms with Crippen LogP contribution in [-0.2, 0) is 16.8 Å². The van der Waals surface area contributed by atoms with E-state index in [4.69, 9.17) is 5.11 Å². The molecule has 1 N–H and O–H groups in total. The molecule has 96 valence electrons. The maximum Gasteiger partial charge on any atom is 0.313 e. The highest BCUT2D eigenvalue weighted by Gasteiger charge is 2.20. The van der Waals surface area contributed by atoms with Gasteiger partial charge >= 0.3 is 5.97 Å². The topological polar surface area (TPSA) is 55.1 Å². The Kier molecular flexibility index (Phi) is 4.62. The Morgan fingerprint density at radius 1 is 1.53 bits per heavy atom. The lowest BCUT2D eigenvalue weighted by atomic mass is 9.93. The fourth-order valence-corrected chi connectivity index (χ4v) is 2.14. The molecule has 0 saturated heterocycles. The zero-order valence-electron chi connectivity index (χ0n) is 10.9. The Labute approximate surface area is 106 Å². The molecule has 0 aliphatic heterocycles. The molecule has 1 rings (SSSR count). The maximum atomic E-state index is 10.6. The standard InChI is InChI=1S/C12H20N2O2S/c1-5-6-14-10(17-8-11(15)16)7-9(13-14)12(2,3)4/h7H,5-6,8H2,1-4H3,(H,15,16). The fraction of sp³-hybridized carbons (Fsp3) is 0.667. The van der Waals surface area contributed by atoms with E-state index in [0.717, 1.165) is 23.7 Å². The van der Waals surface area contributed by atoms with Crippen molar-refractivity contribution in [2.45, 2.75) is 51.1 Å². The summed E-state index contributed by atoms with van der Waals surface area (Å²) < 4.78 is 1.91. The number of aliphatic carboxylic acids is 1. The van der Waals surface area contributed by atoms with Gasteiger partial charge in [0.15, 0.2) is 0 Å². The lowest BCUT2D eigenvalue weighted by molar-refractivity contribution is -0.133. The molecular formula is C12H20N2O2S. The van der Waals surface area contributed by atoms with E-state index in [1.165, 1.54) is 11.8 Å². The molecule has 4 nitrogen and oxygen atoms in total. The van der Waals surface area contributed by atoms with Crippen molar-refractivity contribution in [2.75, 3.05) is 5.75 Å². The van der Waals surface area contributed by atoms with E-state index >= 15 is 0 Å². The Morgan fingerprint density at radius 2 is 2.18 bits per heavy atom. The van der Waals surface area contributed by atoms with Crippen LogP contribution in [0.15, 0.2) is 11.1 Å². The highest BCUT2D eigenvalue weighted by molar-refractivity contribution is 7.99. The number of aromatic nitrogens is 2. The first kappa shape index (κ1) is 14.1. The van der Waals surface area contributed by atoms with Gasteiger partial charge in [0, 0.05) is 12.0 Å². The monoisotopic (exact) mass is 256 g/mol. The summed E-state index contributed by atoms with van der Waals surface area (Å²) in [4.78, 5) is 10.6. The van der Waals surface area contributed by atoms with Crippen molar-refractivity contribution in [3.8, 4) is 0 Å². The number of rotatable bonds is 5. The van der Waals surface area contributed by atoms with Crippen LogP contribution in [0.3, 0.4) is 0 Å². The van der Waals surface area contributed by atoms with Crippen molar-refractivity contribution in [1.29, 1.82) is 0 Å². The molecule has 0 aliphatic rings. The Bertz CT molecular complexity index is 394. The number of aryl methyl sites for hydroxylation is 1. The fourth-order valence-electron chi connectivity index (χ4n) is 1.39. The molecule has 0 aromatic carbocycles. The van der Waals surface area contributed by atoms with Crippen LogP contribution in [0.2, 0.25) is 0 Å². The van der Waals surface area contributed by atoms with Gasteiger partial charge in [-0.1, -0.05) is 39.5 Å². The first-order chi connectivity index (χ1) is 7.84. The molecule has 0 fully saturated rings. The highest BCUT2D eigenvalue weighted by Crippen LogP contribution is 2.26. The zero-order valence-corrected chi connectivity index (χ0v) is 11.7. The van der Waals surface area contributed by atoms with E-state index in [2.05, 4.69) is 32.8 Å². The van der Waals surface area contributed by atoms with Crippen molar-refractivity contribution in [3.05, 3.63) is 11.8 Å². The zero-order chi connectivity index (χ0) is 13.1. The molecule has 0 unspecified atom stereocenters. The summed E-state index contributed by atoms with van der Waals surface area (Å²) in [5.74, 6) is -0.713. The number of carboxylic acids is 1. The van der Waals surface area contributed by atoms with Crippen LogP contribution in [0, 0.1) is 0 Å². The van der Waals surface area contributed by atoms with Gasteiger partial charge in [-0.2, -0.15) is 5.10 Å². The second-order valence-electron chi connectivity index (χ2n) is 5.02. The van der Waals surface area contributed by atoms with Gasteiger partial charge in [-0.3, -0.25) is 9.48 Å². The van der Waals surface area contributed by atoms with Crippen LogP contribution in [0.25, 0.3) is 0 Å². The molecule has 1 heterocycles. The molecule has 0 saturated carbocycles. The van der Waals surface area contributed by atoms with Gasteiger partial charge in [-0.05, 0) is 12.5 Å². The van der Waals surface area contributed by atoms with E-state index in [1.54, 1.807) is 0 Å². The van der Waals surface area contributed by atoms with Crippen molar-refractivity contribution >= 4 is 17.7 Å². The predicted molar refractivity (Wildman–Crippen MR) is 69.6 cm³/mol. The van der Waals surface area contributed by atoms with Gasteiger partial charge in [-0.25, -0.2) is 0 Å². The van der Waals surface area contributed by atoms with E-state index in [1.807, 2.05) is 10.7 Å². The number of thioether (sulfide) groups is 1. The van der Waals surface area contributed by atoms with Crippen LogP contribution >= 0.6 is 11.8 Å². The summed E-state index contributed by atoms with van der Waals surface area (Å²) in [6, 6.07) is 2.00. The quantitative estimate of drug-likeness (QED) is 0.823. The summed E-state index contributed by atoms with van der Waals surface area (Å²) >= 11 is 1.33. The van der Waals surface area contributed by atoms with Gasteiger partial charge in [-0.15, -0.1) is 0 Å². The highest BCUT2D eigenvalue weighted by atomic mass is 32.2. The van der Waals surface area contributed by atoms with Crippen molar-refractivity contribution in [3.63, 3.8) is 0 Å². The average molecular weight is 256 g/mol. The SMILES string of the molecule is CCCn1nc(C(C)(C)C)cc1SCC(=O)O.